The molecule has 0 radical (unpaired) electrons. The lowest BCUT2D eigenvalue weighted by atomic mass is 9.89. The molecule has 27 heavy (non-hydrogen) atoms. The zero-order valence-electron chi connectivity index (χ0n) is 17.2. The summed E-state index contributed by atoms with van der Waals surface area (Å²) in [5, 5.41) is 5.26. The van der Waals surface area contributed by atoms with Crippen molar-refractivity contribution in [3.05, 3.63) is 24.3 Å². The maximum absolute atomic E-state index is 13.2. The number of carbonyl (C=O) groups is 1. The second-order valence-electron chi connectivity index (χ2n) is 7.79. The SMILES string of the molecule is CNC(=O)NCCC(C)(C)CN(CC(C)C)S(=O)(=O)c1ccc(OC)cc1. The predicted molar refractivity (Wildman–Crippen MR) is 107 cm³/mol. The average Bonchev–Trinajstić information content (AvgIpc) is 2.60. The van der Waals surface area contributed by atoms with Gasteiger partial charge in [0, 0.05) is 26.7 Å². The number of sulfonamides is 1. The van der Waals surface area contributed by atoms with Gasteiger partial charge in [0.1, 0.15) is 5.75 Å². The van der Waals surface area contributed by atoms with Crippen LogP contribution in [0.1, 0.15) is 34.1 Å². The molecule has 1 aromatic carbocycles. The van der Waals surface area contributed by atoms with Crippen LogP contribution in [0.3, 0.4) is 0 Å². The van der Waals surface area contributed by atoms with E-state index in [-0.39, 0.29) is 22.3 Å². The van der Waals surface area contributed by atoms with Gasteiger partial charge < -0.3 is 15.4 Å². The number of benzene rings is 1. The zero-order chi connectivity index (χ0) is 20.7. The van der Waals surface area contributed by atoms with Gasteiger partial charge in [0.05, 0.1) is 12.0 Å². The fourth-order valence-corrected chi connectivity index (χ4v) is 4.50. The van der Waals surface area contributed by atoms with Gasteiger partial charge in [0.2, 0.25) is 10.0 Å². The molecular weight excluding hydrogens is 366 g/mol. The number of rotatable bonds is 10. The number of hydrogen-bond donors (Lipinski definition) is 2. The molecule has 2 N–H and O–H groups in total. The number of amides is 2. The van der Waals surface area contributed by atoms with E-state index >= 15 is 0 Å². The first kappa shape index (κ1) is 23.2. The molecule has 154 valence electrons. The molecule has 8 heteroatoms. The Kier molecular flexibility index (Phi) is 8.56. The summed E-state index contributed by atoms with van der Waals surface area (Å²) < 4.78 is 33.0. The standard InChI is InChI=1S/C19H33N3O4S/c1-15(2)13-22(14-19(3,4)11-12-21-18(23)20-5)27(24,25)17-9-7-16(26-6)8-10-17/h7-10,15H,11-14H2,1-6H3,(H2,20,21,23). The molecule has 0 heterocycles. The minimum absolute atomic E-state index is 0.192. The normalized spacial score (nSPS) is 12.3. The van der Waals surface area contributed by atoms with Crippen LogP contribution in [0.4, 0.5) is 4.79 Å². The number of nitrogens with zero attached hydrogens (tertiary/aromatic N) is 1. The van der Waals surface area contributed by atoms with Crippen LogP contribution in [0.25, 0.3) is 0 Å². The lowest BCUT2D eigenvalue weighted by Gasteiger charge is -2.33. The summed E-state index contributed by atoms with van der Waals surface area (Å²) >= 11 is 0. The molecule has 0 saturated carbocycles. The highest BCUT2D eigenvalue weighted by atomic mass is 32.2. The van der Waals surface area contributed by atoms with Crippen molar-refractivity contribution < 1.29 is 17.9 Å². The van der Waals surface area contributed by atoms with E-state index in [2.05, 4.69) is 10.6 Å². The second-order valence-corrected chi connectivity index (χ2v) is 9.72. The van der Waals surface area contributed by atoms with Gasteiger partial charge in [-0.1, -0.05) is 27.7 Å². The first-order valence-corrected chi connectivity index (χ1v) is 10.6. The fraction of sp³-hybridized carbons (Fsp3) is 0.632. The molecule has 0 saturated heterocycles. The zero-order valence-corrected chi connectivity index (χ0v) is 18.0. The van der Waals surface area contributed by atoms with Gasteiger partial charge >= 0.3 is 6.03 Å². The van der Waals surface area contributed by atoms with Gasteiger partial charge in [-0.05, 0) is 42.0 Å². The summed E-state index contributed by atoms with van der Waals surface area (Å²) in [4.78, 5) is 11.6. The van der Waals surface area contributed by atoms with Gasteiger partial charge in [-0.15, -0.1) is 0 Å². The lowest BCUT2D eigenvalue weighted by Crippen LogP contribution is -2.42. The van der Waals surface area contributed by atoms with E-state index in [1.165, 1.54) is 0 Å². The van der Waals surface area contributed by atoms with Crippen LogP contribution in [-0.2, 0) is 10.0 Å². The van der Waals surface area contributed by atoms with Gasteiger partial charge in [0.15, 0.2) is 0 Å². The quantitative estimate of drug-likeness (QED) is 0.633. The van der Waals surface area contributed by atoms with Gasteiger partial charge in [0.25, 0.3) is 0 Å². The van der Waals surface area contributed by atoms with Crippen molar-refractivity contribution in [2.24, 2.45) is 11.3 Å². The number of urea groups is 1. The number of hydrogen-bond acceptors (Lipinski definition) is 4. The van der Waals surface area contributed by atoms with E-state index in [4.69, 9.17) is 4.74 Å². The molecule has 0 aliphatic heterocycles. The lowest BCUT2D eigenvalue weighted by molar-refractivity contribution is 0.222. The molecule has 0 aromatic heterocycles. The summed E-state index contributed by atoms with van der Waals surface area (Å²) in [6.07, 6.45) is 0.660. The van der Waals surface area contributed by atoms with Crippen LogP contribution in [0.2, 0.25) is 0 Å². The van der Waals surface area contributed by atoms with Crippen molar-refractivity contribution in [3.63, 3.8) is 0 Å². The molecule has 0 bridgehead atoms. The Bertz CT molecular complexity index is 700. The summed E-state index contributed by atoms with van der Waals surface area (Å²) in [7, 11) is -0.515. The van der Waals surface area contributed by atoms with Crippen molar-refractivity contribution in [3.8, 4) is 5.75 Å². The van der Waals surface area contributed by atoms with Crippen LogP contribution >= 0.6 is 0 Å². The first-order chi connectivity index (χ1) is 12.5. The molecule has 2 amide bonds. The van der Waals surface area contributed by atoms with E-state index in [1.807, 2.05) is 27.7 Å². The predicted octanol–water partition coefficient (Wildman–Crippen LogP) is 2.69. The monoisotopic (exact) mass is 399 g/mol. The van der Waals surface area contributed by atoms with Crippen LogP contribution in [0, 0.1) is 11.3 Å². The molecule has 0 fully saturated rings. The van der Waals surface area contributed by atoms with E-state index in [9.17, 15) is 13.2 Å². The Morgan fingerprint density at radius 2 is 1.81 bits per heavy atom. The number of methoxy groups -OCH3 is 1. The van der Waals surface area contributed by atoms with Gasteiger partial charge in [-0.2, -0.15) is 4.31 Å². The smallest absolute Gasteiger partial charge is 0.314 e. The molecule has 0 unspecified atom stereocenters. The van der Waals surface area contributed by atoms with Crippen LogP contribution < -0.4 is 15.4 Å². The van der Waals surface area contributed by atoms with Crippen LogP contribution in [0.5, 0.6) is 5.75 Å². The van der Waals surface area contributed by atoms with Gasteiger partial charge in [-0.3, -0.25) is 0 Å². The highest BCUT2D eigenvalue weighted by Crippen LogP contribution is 2.27. The molecule has 0 spiro atoms. The largest absolute Gasteiger partial charge is 0.497 e. The van der Waals surface area contributed by atoms with Crippen molar-refractivity contribution in [2.75, 3.05) is 33.8 Å². The van der Waals surface area contributed by atoms with E-state index in [0.717, 1.165) is 0 Å². The Balaban J connectivity index is 2.97. The van der Waals surface area contributed by atoms with Gasteiger partial charge in [-0.25, -0.2) is 13.2 Å². The van der Waals surface area contributed by atoms with E-state index < -0.39 is 10.0 Å². The molecule has 0 aliphatic rings. The molecule has 0 atom stereocenters. The summed E-state index contributed by atoms with van der Waals surface area (Å²) in [6, 6.07) is 6.21. The highest BCUT2D eigenvalue weighted by Gasteiger charge is 2.31. The topological polar surface area (TPSA) is 87.7 Å². The van der Waals surface area contributed by atoms with Crippen molar-refractivity contribution in [1.29, 1.82) is 0 Å². The summed E-state index contributed by atoms with van der Waals surface area (Å²) in [5.41, 5.74) is -0.296. The molecule has 0 aliphatic carbocycles. The third-order valence-corrected chi connectivity index (χ3v) is 6.01. The molecule has 7 nitrogen and oxygen atoms in total. The number of ether oxygens (including phenoxy) is 1. The third kappa shape index (κ3) is 7.38. The molecular formula is C19H33N3O4S. The summed E-state index contributed by atoms with van der Waals surface area (Å²) in [6.45, 7) is 9.29. The average molecular weight is 400 g/mol. The summed E-state index contributed by atoms with van der Waals surface area (Å²) in [5.74, 6) is 0.808. The van der Waals surface area contributed by atoms with Crippen molar-refractivity contribution in [1.82, 2.24) is 14.9 Å². The Morgan fingerprint density at radius 3 is 2.30 bits per heavy atom. The third-order valence-electron chi connectivity index (χ3n) is 4.18. The minimum atomic E-state index is -3.62. The van der Waals surface area contributed by atoms with Crippen LogP contribution in [-0.4, -0.2) is 52.5 Å². The van der Waals surface area contributed by atoms with E-state index in [1.54, 1.807) is 42.7 Å². The first-order valence-electron chi connectivity index (χ1n) is 9.11. The number of nitrogens with one attached hydrogen (secondary N) is 2. The maximum atomic E-state index is 13.2. The number of carbonyl (C=O) groups excluding carboxylic acids is 1. The fourth-order valence-electron chi connectivity index (χ4n) is 2.71. The highest BCUT2D eigenvalue weighted by molar-refractivity contribution is 7.89. The van der Waals surface area contributed by atoms with Crippen molar-refractivity contribution >= 4 is 16.1 Å². The second kappa shape index (κ2) is 9.94. The molecule has 1 rings (SSSR count). The van der Waals surface area contributed by atoms with Crippen molar-refractivity contribution in [2.45, 2.75) is 39.0 Å². The Morgan fingerprint density at radius 1 is 1.22 bits per heavy atom. The minimum Gasteiger partial charge on any atom is -0.497 e. The van der Waals surface area contributed by atoms with Crippen LogP contribution in [0.15, 0.2) is 29.2 Å². The molecule has 1 aromatic rings. The van der Waals surface area contributed by atoms with E-state index in [0.29, 0.717) is 31.8 Å². The Hall–Kier alpha value is -1.80. The Labute approximate surface area is 163 Å². The maximum Gasteiger partial charge on any atom is 0.314 e.